The summed E-state index contributed by atoms with van der Waals surface area (Å²) in [7, 11) is 0. The van der Waals surface area contributed by atoms with Gasteiger partial charge in [0, 0.05) is 25.5 Å². The minimum Gasteiger partial charge on any atom is -0.292 e. The quantitative estimate of drug-likeness (QED) is 0.521. The average Bonchev–Trinajstić information content (AvgIpc) is 1.97. The van der Waals surface area contributed by atoms with Gasteiger partial charge in [-0.1, -0.05) is 13.8 Å². The fourth-order valence-electron chi connectivity index (χ4n) is 0.502. The van der Waals surface area contributed by atoms with Crippen LogP contribution in [0, 0.1) is 0 Å². The van der Waals surface area contributed by atoms with E-state index in [1.165, 1.54) is 0 Å². The van der Waals surface area contributed by atoms with Crippen LogP contribution in [0.15, 0.2) is 9.98 Å². The highest BCUT2D eigenvalue weighted by Gasteiger charge is 1.71. The van der Waals surface area contributed by atoms with Gasteiger partial charge in [0.05, 0.1) is 0 Å². The molecule has 0 atom stereocenters. The lowest BCUT2D eigenvalue weighted by Gasteiger charge is -1.82. The van der Waals surface area contributed by atoms with Gasteiger partial charge in [-0.15, -0.1) is 0 Å². The third-order valence-electron chi connectivity index (χ3n) is 0.983. The second-order valence-electron chi connectivity index (χ2n) is 2.11. The molecule has 0 aliphatic heterocycles. The van der Waals surface area contributed by atoms with Gasteiger partial charge in [-0.2, -0.15) is 0 Å². The van der Waals surface area contributed by atoms with Crippen molar-refractivity contribution in [2.45, 2.75) is 26.7 Å². The average molecular weight is 140 g/mol. The third-order valence-corrected chi connectivity index (χ3v) is 0.983. The van der Waals surface area contributed by atoms with Crippen LogP contribution < -0.4 is 0 Å². The lowest BCUT2D eigenvalue weighted by Crippen LogP contribution is -1.82. The highest BCUT2D eigenvalue weighted by atomic mass is 14.7. The van der Waals surface area contributed by atoms with E-state index in [1.54, 1.807) is 12.4 Å². The van der Waals surface area contributed by atoms with Crippen molar-refractivity contribution in [1.29, 1.82) is 0 Å². The number of rotatable bonds is 5. The summed E-state index contributed by atoms with van der Waals surface area (Å²) < 4.78 is 0. The summed E-state index contributed by atoms with van der Waals surface area (Å²) in [6.45, 7) is 6.05. The fourth-order valence-corrected chi connectivity index (χ4v) is 0.502. The molecule has 0 unspecified atom stereocenters. The first-order chi connectivity index (χ1) is 4.91. The van der Waals surface area contributed by atoms with Gasteiger partial charge < -0.3 is 0 Å². The van der Waals surface area contributed by atoms with E-state index in [2.05, 4.69) is 23.8 Å². The van der Waals surface area contributed by atoms with E-state index < -0.39 is 0 Å². The smallest absolute Gasteiger partial charge is 0.0390 e. The molecule has 58 valence electrons. The van der Waals surface area contributed by atoms with Gasteiger partial charge in [0.15, 0.2) is 0 Å². The van der Waals surface area contributed by atoms with Gasteiger partial charge in [-0.25, -0.2) is 0 Å². The van der Waals surface area contributed by atoms with Crippen LogP contribution in [0.2, 0.25) is 0 Å². The molecule has 0 saturated carbocycles. The van der Waals surface area contributed by atoms with Crippen molar-refractivity contribution < 1.29 is 0 Å². The molecule has 0 saturated heterocycles. The number of hydrogen-bond donors (Lipinski definition) is 0. The SMILES string of the molecule is CCC/N=C\C=N\CCC. The zero-order valence-corrected chi connectivity index (χ0v) is 6.88. The van der Waals surface area contributed by atoms with Gasteiger partial charge in [0.1, 0.15) is 0 Å². The highest BCUT2D eigenvalue weighted by molar-refractivity contribution is 6.15. The van der Waals surface area contributed by atoms with Crippen LogP contribution >= 0.6 is 0 Å². The molecule has 0 heterocycles. The Kier molecular flexibility index (Phi) is 7.79. The first-order valence-electron chi connectivity index (χ1n) is 3.90. The van der Waals surface area contributed by atoms with Gasteiger partial charge >= 0.3 is 0 Å². The van der Waals surface area contributed by atoms with Crippen LogP contribution in [0.4, 0.5) is 0 Å². The molecule has 10 heavy (non-hydrogen) atoms. The Morgan fingerprint density at radius 1 is 0.900 bits per heavy atom. The van der Waals surface area contributed by atoms with Crippen molar-refractivity contribution in [2.24, 2.45) is 9.98 Å². The number of hydrogen-bond acceptors (Lipinski definition) is 2. The lowest BCUT2D eigenvalue weighted by molar-refractivity contribution is 0.933. The standard InChI is InChI=1S/C8H16N2/c1-3-5-9-7-8-10-6-4-2/h7-8H,3-6H2,1-2H3/b9-7-,10-8+. The Morgan fingerprint density at radius 2 is 1.30 bits per heavy atom. The topological polar surface area (TPSA) is 24.7 Å². The maximum atomic E-state index is 4.09. The second-order valence-corrected chi connectivity index (χ2v) is 2.11. The third kappa shape index (κ3) is 7.34. The Balaban J connectivity index is 3.15. The molecule has 0 fully saturated rings. The number of nitrogens with zero attached hydrogens (tertiary/aromatic N) is 2. The normalized spacial score (nSPS) is 11.8. The summed E-state index contributed by atoms with van der Waals surface area (Å²) in [6.07, 6.45) is 5.77. The van der Waals surface area contributed by atoms with Crippen LogP contribution in [0.1, 0.15) is 26.7 Å². The zero-order valence-electron chi connectivity index (χ0n) is 6.88. The second kappa shape index (κ2) is 8.34. The molecule has 0 aromatic rings. The fraction of sp³-hybridized carbons (Fsp3) is 0.750. The molecule has 0 N–H and O–H groups in total. The lowest BCUT2D eigenvalue weighted by atomic mass is 10.5. The Labute approximate surface area is 63.1 Å². The Hall–Kier alpha value is -0.660. The van der Waals surface area contributed by atoms with Gasteiger partial charge in [-0.3, -0.25) is 9.98 Å². The Morgan fingerprint density at radius 3 is 1.60 bits per heavy atom. The summed E-state index contributed by atoms with van der Waals surface area (Å²) in [5, 5.41) is 0. The molecule has 0 spiro atoms. The summed E-state index contributed by atoms with van der Waals surface area (Å²) in [5.41, 5.74) is 0. The van der Waals surface area contributed by atoms with Crippen molar-refractivity contribution >= 4 is 12.4 Å². The van der Waals surface area contributed by atoms with Crippen LogP contribution in [0.5, 0.6) is 0 Å². The molecule has 0 aromatic heterocycles. The van der Waals surface area contributed by atoms with E-state index in [-0.39, 0.29) is 0 Å². The zero-order chi connectivity index (χ0) is 7.66. The molecule has 0 radical (unpaired) electrons. The molecule has 2 heteroatoms. The molecule has 0 aliphatic rings. The van der Waals surface area contributed by atoms with Crippen molar-refractivity contribution in [2.75, 3.05) is 13.1 Å². The molecule has 2 nitrogen and oxygen atoms in total. The number of aliphatic imine (C=N–C) groups is 2. The molecule has 0 aliphatic carbocycles. The molecular weight excluding hydrogens is 124 g/mol. The van der Waals surface area contributed by atoms with E-state index in [0.717, 1.165) is 25.9 Å². The maximum absolute atomic E-state index is 4.09. The van der Waals surface area contributed by atoms with Crippen LogP contribution in [-0.4, -0.2) is 25.5 Å². The molecule has 0 aromatic carbocycles. The molecule has 0 bridgehead atoms. The molecule has 0 rings (SSSR count). The van der Waals surface area contributed by atoms with E-state index >= 15 is 0 Å². The van der Waals surface area contributed by atoms with Crippen LogP contribution in [0.25, 0.3) is 0 Å². The maximum Gasteiger partial charge on any atom is 0.0390 e. The van der Waals surface area contributed by atoms with Crippen molar-refractivity contribution in [3.8, 4) is 0 Å². The van der Waals surface area contributed by atoms with Crippen LogP contribution in [-0.2, 0) is 0 Å². The van der Waals surface area contributed by atoms with E-state index in [1.807, 2.05) is 0 Å². The Bertz CT molecular complexity index is 91.8. The van der Waals surface area contributed by atoms with Gasteiger partial charge in [-0.05, 0) is 12.8 Å². The monoisotopic (exact) mass is 140 g/mol. The first kappa shape index (κ1) is 9.34. The largest absolute Gasteiger partial charge is 0.292 e. The van der Waals surface area contributed by atoms with Gasteiger partial charge in [0.2, 0.25) is 0 Å². The van der Waals surface area contributed by atoms with Gasteiger partial charge in [0.25, 0.3) is 0 Å². The summed E-state index contributed by atoms with van der Waals surface area (Å²) in [6, 6.07) is 0. The van der Waals surface area contributed by atoms with E-state index in [4.69, 9.17) is 0 Å². The minimum atomic E-state index is 0.915. The van der Waals surface area contributed by atoms with E-state index in [0.29, 0.717) is 0 Å². The van der Waals surface area contributed by atoms with Crippen molar-refractivity contribution in [3.05, 3.63) is 0 Å². The first-order valence-corrected chi connectivity index (χ1v) is 3.90. The summed E-state index contributed by atoms with van der Waals surface area (Å²) in [5.74, 6) is 0. The summed E-state index contributed by atoms with van der Waals surface area (Å²) >= 11 is 0. The van der Waals surface area contributed by atoms with Crippen molar-refractivity contribution in [1.82, 2.24) is 0 Å². The predicted octanol–water partition coefficient (Wildman–Crippen LogP) is 1.95. The molecular formula is C8H16N2. The molecule has 0 amide bonds. The highest BCUT2D eigenvalue weighted by Crippen LogP contribution is 1.75. The van der Waals surface area contributed by atoms with Crippen molar-refractivity contribution in [3.63, 3.8) is 0 Å². The minimum absolute atomic E-state index is 0.915. The van der Waals surface area contributed by atoms with E-state index in [9.17, 15) is 0 Å². The summed E-state index contributed by atoms with van der Waals surface area (Å²) in [4.78, 5) is 8.17. The predicted molar refractivity (Wildman–Crippen MR) is 47.3 cm³/mol. The van der Waals surface area contributed by atoms with Crippen LogP contribution in [0.3, 0.4) is 0 Å².